The maximum atomic E-state index is 11.6. The van der Waals surface area contributed by atoms with Gasteiger partial charge in [0.15, 0.2) is 5.78 Å². The summed E-state index contributed by atoms with van der Waals surface area (Å²) in [6.07, 6.45) is 1.51. The van der Waals surface area contributed by atoms with E-state index in [1.165, 1.54) is 0 Å². The van der Waals surface area contributed by atoms with Crippen molar-refractivity contribution in [3.8, 4) is 5.75 Å². The van der Waals surface area contributed by atoms with Gasteiger partial charge in [-0.1, -0.05) is 20.8 Å². The second kappa shape index (κ2) is 6.31. The largest absolute Gasteiger partial charge is 0.493 e. The standard InChI is InChI=1S/C14H20O2/c1-4-5-14(15)12-6-8-13(9-7-12)16-10-11(2)3/h6-9,11H,4-5,10H2,1-3H3. The summed E-state index contributed by atoms with van der Waals surface area (Å²) >= 11 is 0. The van der Waals surface area contributed by atoms with Gasteiger partial charge in [0.05, 0.1) is 6.61 Å². The Labute approximate surface area is 97.6 Å². The Hall–Kier alpha value is -1.31. The second-order valence-electron chi connectivity index (χ2n) is 4.40. The van der Waals surface area contributed by atoms with Crippen LogP contribution in [0, 0.1) is 5.92 Å². The van der Waals surface area contributed by atoms with E-state index in [0.29, 0.717) is 18.9 Å². The molecule has 0 saturated heterocycles. The summed E-state index contributed by atoms with van der Waals surface area (Å²) in [6.45, 7) is 6.94. The lowest BCUT2D eigenvalue weighted by molar-refractivity contribution is 0.0981. The number of rotatable bonds is 6. The topological polar surface area (TPSA) is 26.3 Å². The Bertz CT molecular complexity index is 325. The molecule has 1 rings (SSSR count). The number of ether oxygens (including phenoxy) is 1. The molecule has 16 heavy (non-hydrogen) atoms. The first kappa shape index (κ1) is 12.8. The third-order valence-corrected chi connectivity index (χ3v) is 2.24. The van der Waals surface area contributed by atoms with Gasteiger partial charge < -0.3 is 4.74 Å². The van der Waals surface area contributed by atoms with Gasteiger partial charge in [0.25, 0.3) is 0 Å². The number of Topliss-reactive ketones (excluding diaryl/α,β-unsaturated/α-hetero) is 1. The summed E-state index contributed by atoms with van der Waals surface area (Å²) in [5.74, 6) is 1.56. The lowest BCUT2D eigenvalue weighted by Gasteiger charge is -2.08. The summed E-state index contributed by atoms with van der Waals surface area (Å²) in [5.41, 5.74) is 0.777. The highest BCUT2D eigenvalue weighted by molar-refractivity contribution is 5.96. The van der Waals surface area contributed by atoms with Crippen LogP contribution in [0.25, 0.3) is 0 Å². The van der Waals surface area contributed by atoms with Gasteiger partial charge in [-0.25, -0.2) is 0 Å². The average Bonchev–Trinajstić information content (AvgIpc) is 2.27. The van der Waals surface area contributed by atoms with Crippen molar-refractivity contribution >= 4 is 5.78 Å². The average molecular weight is 220 g/mol. The van der Waals surface area contributed by atoms with Crippen LogP contribution in [0.15, 0.2) is 24.3 Å². The molecule has 0 amide bonds. The molecule has 0 atom stereocenters. The molecule has 1 aromatic rings. The molecular weight excluding hydrogens is 200 g/mol. The molecule has 0 fully saturated rings. The highest BCUT2D eigenvalue weighted by atomic mass is 16.5. The molecule has 0 aromatic heterocycles. The Morgan fingerprint density at radius 1 is 1.25 bits per heavy atom. The first-order chi connectivity index (χ1) is 7.63. The number of carbonyl (C=O) groups is 1. The zero-order chi connectivity index (χ0) is 12.0. The van der Waals surface area contributed by atoms with Gasteiger partial charge in [-0.05, 0) is 36.6 Å². The molecule has 0 spiro atoms. The van der Waals surface area contributed by atoms with E-state index in [1.807, 2.05) is 31.2 Å². The SMILES string of the molecule is CCCC(=O)c1ccc(OCC(C)C)cc1. The van der Waals surface area contributed by atoms with E-state index in [-0.39, 0.29) is 5.78 Å². The fraction of sp³-hybridized carbons (Fsp3) is 0.500. The molecule has 0 heterocycles. The van der Waals surface area contributed by atoms with E-state index >= 15 is 0 Å². The van der Waals surface area contributed by atoms with Crippen LogP contribution in [0.2, 0.25) is 0 Å². The van der Waals surface area contributed by atoms with Crippen molar-refractivity contribution in [2.45, 2.75) is 33.6 Å². The van der Waals surface area contributed by atoms with Gasteiger partial charge in [-0.2, -0.15) is 0 Å². The molecule has 0 saturated carbocycles. The molecule has 0 aliphatic rings. The summed E-state index contributed by atoms with van der Waals surface area (Å²) in [5, 5.41) is 0. The van der Waals surface area contributed by atoms with Crippen molar-refractivity contribution in [3.63, 3.8) is 0 Å². The maximum absolute atomic E-state index is 11.6. The van der Waals surface area contributed by atoms with Crippen LogP contribution in [0.3, 0.4) is 0 Å². The lowest BCUT2D eigenvalue weighted by atomic mass is 10.1. The molecule has 1 aromatic carbocycles. The van der Waals surface area contributed by atoms with E-state index in [1.54, 1.807) is 0 Å². The lowest BCUT2D eigenvalue weighted by Crippen LogP contribution is -2.04. The van der Waals surface area contributed by atoms with Gasteiger partial charge in [-0.3, -0.25) is 4.79 Å². The quantitative estimate of drug-likeness (QED) is 0.683. The van der Waals surface area contributed by atoms with E-state index in [4.69, 9.17) is 4.74 Å². The predicted octanol–water partition coefficient (Wildman–Crippen LogP) is 3.70. The Kier molecular flexibility index (Phi) is 5.03. The second-order valence-corrected chi connectivity index (χ2v) is 4.40. The number of hydrogen-bond acceptors (Lipinski definition) is 2. The number of ketones is 1. The maximum Gasteiger partial charge on any atom is 0.162 e. The van der Waals surface area contributed by atoms with Gasteiger partial charge in [0, 0.05) is 12.0 Å². The molecular formula is C14H20O2. The summed E-state index contributed by atoms with van der Waals surface area (Å²) in [6, 6.07) is 7.41. The first-order valence-corrected chi connectivity index (χ1v) is 5.89. The third kappa shape index (κ3) is 4.05. The molecule has 0 N–H and O–H groups in total. The molecule has 2 nitrogen and oxygen atoms in total. The molecule has 0 aliphatic heterocycles. The smallest absolute Gasteiger partial charge is 0.162 e. The van der Waals surface area contributed by atoms with Gasteiger partial charge in [0.1, 0.15) is 5.75 Å². The van der Waals surface area contributed by atoms with Crippen LogP contribution in [0.1, 0.15) is 44.0 Å². The monoisotopic (exact) mass is 220 g/mol. The molecule has 0 aliphatic carbocycles. The van der Waals surface area contributed by atoms with Crippen LogP contribution in [-0.4, -0.2) is 12.4 Å². The fourth-order valence-electron chi connectivity index (χ4n) is 1.37. The number of carbonyl (C=O) groups excluding carboxylic acids is 1. The first-order valence-electron chi connectivity index (χ1n) is 5.89. The Morgan fingerprint density at radius 3 is 2.38 bits per heavy atom. The summed E-state index contributed by atoms with van der Waals surface area (Å²) in [7, 11) is 0. The van der Waals surface area contributed by atoms with Gasteiger partial charge in [-0.15, -0.1) is 0 Å². The van der Waals surface area contributed by atoms with E-state index in [2.05, 4.69) is 13.8 Å². The van der Waals surface area contributed by atoms with Crippen LogP contribution in [-0.2, 0) is 0 Å². The minimum absolute atomic E-state index is 0.206. The zero-order valence-corrected chi connectivity index (χ0v) is 10.3. The Balaban J connectivity index is 2.57. The van der Waals surface area contributed by atoms with Crippen LogP contribution in [0.5, 0.6) is 5.75 Å². The number of hydrogen-bond donors (Lipinski definition) is 0. The molecule has 0 bridgehead atoms. The van der Waals surface area contributed by atoms with Crippen molar-refractivity contribution in [1.29, 1.82) is 0 Å². The van der Waals surface area contributed by atoms with Gasteiger partial charge in [0.2, 0.25) is 0 Å². The summed E-state index contributed by atoms with van der Waals surface area (Å²) in [4.78, 5) is 11.6. The van der Waals surface area contributed by atoms with Crippen LogP contribution in [0.4, 0.5) is 0 Å². The molecule has 2 heteroatoms. The molecule has 0 radical (unpaired) electrons. The van der Waals surface area contributed by atoms with Crippen LogP contribution < -0.4 is 4.74 Å². The molecule has 88 valence electrons. The van der Waals surface area contributed by atoms with Crippen molar-refractivity contribution in [3.05, 3.63) is 29.8 Å². The van der Waals surface area contributed by atoms with Crippen molar-refractivity contribution in [2.75, 3.05) is 6.61 Å². The van der Waals surface area contributed by atoms with E-state index in [0.717, 1.165) is 17.7 Å². The van der Waals surface area contributed by atoms with Crippen molar-refractivity contribution < 1.29 is 9.53 Å². The highest BCUT2D eigenvalue weighted by Gasteiger charge is 2.04. The van der Waals surface area contributed by atoms with Gasteiger partial charge >= 0.3 is 0 Å². The van der Waals surface area contributed by atoms with Crippen molar-refractivity contribution in [2.24, 2.45) is 5.92 Å². The normalized spacial score (nSPS) is 10.5. The van der Waals surface area contributed by atoms with Crippen LogP contribution >= 0.6 is 0 Å². The zero-order valence-electron chi connectivity index (χ0n) is 10.3. The fourth-order valence-corrected chi connectivity index (χ4v) is 1.37. The summed E-state index contributed by atoms with van der Waals surface area (Å²) < 4.78 is 5.55. The minimum Gasteiger partial charge on any atom is -0.493 e. The third-order valence-electron chi connectivity index (χ3n) is 2.24. The Morgan fingerprint density at radius 2 is 1.88 bits per heavy atom. The predicted molar refractivity (Wildman–Crippen MR) is 66.0 cm³/mol. The molecule has 0 unspecified atom stereocenters. The number of benzene rings is 1. The minimum atomic E-state index is 0.206. The van der Waals surface area contributed by atoms with Crippen molar-refractivity contribution in [1.82, 2.24) is 0 Å². The van der Waals surface area contributed by atoms with E-state index in [9.17, 15) is 4.79 Å². The van der Waals surface area contributed by atoms with E-state index < -0.39 is 0 Å². The highest BCUT2D eigenvalue weighted by Crippen LogP contribution is 2.14.